The van der Waals surface area contributed by atoms with Gasteiger partial charge in [0.05, 0.1) is 29.3 Å². The van der Waals surface area contributed by atoms with Crippen LogP contribution < -0.4 is 10.6 Å². The van der Waals surface area contributed by atoms with Crippen molar-refractivity contribution in [3.8, 4) is 5.75 Å². The van der Waals surface area contributed by atoms with Crippen molar-refractivity contribution in [2.45, 2.75) is 69.2 Å². The minimum Gasteiger partial charge on any atom is -0.510 e. The van der Waals surface area contributed by atoms with Gasteiger partial charge in [-0.15, -0.1) is 0 Å². The number of carbonyl (C=O) groups excluding carboxylic acids is 3. The molecule has 1 saturated carbocycles. The number of ketones is 2. The van der Waals surface area contributed by atoms with Gasteiger partial charge in [-0.2, -0.15) is 0 Å². The number of aromatic hydroxyl groups is 1. The molecule has 0 aliphatic heterocycles. The topological polar surface area (TPSA) is 185 Å². The van der Waals surface area contributed by atoms with Gasteiger partial charge >= 0.3 is 0 Å². The molecule has 1 amide bonds. The zero-order valence-electron chi connectivity index (χ0n) is 24.0. The number of aliphatic hydroxyl groups is 4. The smallest absolute Gasteiger partial charge is 0.255 e. The first-order valence-electron chi connectivity index (χ1n) is 14.1. The highest BCUT2D eigenvalue weighted by atomic mass is 16.4. The number of hydrogen-bond acceptors (Lipinski definition) is 10. The number of phenols is 1. The number of rotatable bonds is 4. The normalized spacial score (nSPS) is 35.3. The maximum atomic E-state index is 14.1. The van der Waals surface area contributed by atoms with Gasteiger partial charge in [-0.1, -0.05) is 19.9 Å². The van der Waals surface area contributed by atoms with E-state index < -0.39 is 75.6 Å². The van der Waals surface area contributed by atoms with E-state index in [9.17, 15) is 39.9 Å². The number of fused-ring (bicyclic) bond motifs is 3. The van der Waals surface area contributed by atoms with E-state index in [4.69, 9.17) is 5.73 Å². The van der Waals surface area contributed by atoms with E-state index in [1.165, 1.54) is 19.0 Å². The Balaban J connectivity index is 1.67. The summed E-state index contributed by atoms with van der Waals surface area (Å²) in [5.74, 6) is -8.20. The van der Waals surface area contributed by atoms with E-state index in [1.54, 1.807) is 19.1 Å². The number of nitrogens with zero attached hydrogens (tertiary/aromatic N) is 2. The van der Waals surface area contributed by atoms with Crippen molar-refractivity contribution in [1.82, 2.24) is 4.90 Å². The maximum Gasteiger partial charge on any atom is 0.255 e. The summed E-state index contributed by atoms with van der Waals surface area (Å²) in [6, 6.07) is 2.36. The molecule has 0 aromatic heterocycles. The molecule has 0 heterocycles. The second-order valence-electron chi connectivity index (χ2n) is 12.5. The third-order valence-corrected chi connectivity index (χ3v) is 10.0. The number of amides is 1. The van der Waals surface area contributed by atoms with Crippen LogP contribution in [0.1, 0.15) is 61.4 Å². The minimum absolute atomic E-state index is 0.0704. The van der Waals surface area contributed by atoms with Crippen molar-refractivity contribution in [3.05, 3.63) is 45.9 Å². The van der Waals surface area contributed by atoms with Gasteiger partial charge in [0.2, 0.25) is 5.78 Å². The molecule has 5 rings (SSSR count). The Bertz CT molecular complexity index is 1390. The van der Waals surface area contributed by atoms with Gasteiger partial charge in [0, 0.05) is 24.6 Å². The van der Waals surface area contributed by atoms with Crippen LogP contribution in [0.15, 0.2) is 34.8 Å². The molecule has 0 spiro atoms. The number of aliphatic hydroxyl groups excluding tert-OH is 3. The fraction of sp³-hybridized carbons (Fsp3) is 0.567. The number of Topliss-reactive ketones (excluding diaryl/α,β-unsaturated/α-hetero) is 2. The Morgan fingerprint density at radius 2 is 1.63 bits per heavy atom. The van der Waals surface area contributed by atoms with Crippen LogP contribution in [-0.4, -0.2) is 92.8 Å². The summed E-state index contributed by atoms with van der Waals surface area (Å²) < 4.78 is 0. The van der Waals surface area contributed by atoms with Gasteiger partial charge in [-0.05, 0) is 63.2 Å². The number of carbonyl (C=O) groups is 3. The Morgan fingerprint density at radius 3 is 2.20 bits per heavy atom. The van der Waals surface area contributed by atoms with E-state index in [2.05, 4.69) is 6.92 Å². The monoisotopic (exact) mass is 569 g/mol. The molecule has 41 heavy (non-hydrogen) atoms. The first-order valence-corrected chi connectivity index (χ1v) is 14.1. The Morgan fingerprint density at radius 1 is 1.02 bits per heavy atom. The molecule has 11 nitrogen and oxygen atoms in total. The molecule has 0 unspecified atom stereocenters. The highest BCUT2D eigenvalue weighted by Crippen LogP contribution is 2.56. The third kappa shape index (κ3) is 3.93. The lowest BCUT2D eigenvalue weighted by molar-refractivity contribution is -0.162. The Labute approximate surface area is 238 Å². The van der Waals surface area contributed by atoms with E-state index in [1.807, 2.05) is 11.9 Å². The second-order valence-corrected chi connectivity index (χ2v) is 12.5. The number of benzene rings is 1. The zero-order valence-corrected chi connectivity index (χ0v) is 24.0. The predicted octanol–water partition coefficient (Wildman–Crippen LogP) is 1.67. The van der Waals surface area contributed by atoms with Crippen LogP contribution in [-0.2, 0) is 9.59 Å². The van der Waals surface area contributed by atoms with Gasteiger partial charge < -0.3 is 36.2 Å². The van der Waals surface area contributed by atoms with Crippen LogP contribution in [0.25, 0.3) is 0 Å². The number of phenolic OH excluding ortho intramolecular Hbond substituents is 1. The Hall–Kier alpha value is -3.41. The van der Waals surface area contributed by atoms with Crippen molar-refractivity contribution in [3.63, 3.8) is 0 Å². The van der Waals surface area contributed by atoms with Crippen molar-refractivity contribution in [2.24, 2.45) is 23.5 Å². The van der Waals surface area contributed by atoms with Gasteiger partial charge in [0.25, 0.3) is 5.91 Å². The molecule has 0 saturated heterocycles. The first-order chi connectivity index (χ1) is 19.2. The SMILES string of the molecule is CC1CCC(N(C)c2ccc3c(c2O)C(=O)C2=C(O)[C@]4(O)C(=O)C(C(N)=O)=C(O)[C@@H](N(C)C)[C@@H]4[C@@H](O)[C@@H]2[C@H]3C)CC1. The lowest BCUT2D eigenvalue weighted by Crippen LogP contribution is -2.68. The van der Waals surface area contributed by atoms with Crippen LogP contribution in [0, 0.1) is 17.8 Å². The zero-order chi connectivity index (χ0) is 30.3. The Kier molecular flexibility index (Phi) is 6.99. The summed E-state index contributed by atoms with van der Waals surface area (Å²) in [6.07, 6.45) is 2.36. The minimum atomic E-state index is -2.92. The largest absolute Gasteiger partial charge is 0.510 e. The number of primary amides is 1. The molecule has 4 aliphatic carbocycles. The molecule has 1 aromatic carbocycles. The summed E-state index contributed by atoms with van der Waals surface area (Å²) in [5, 5.41) is 57.5. The average molecular weight is 570 g/mol. The third-order valence-electron chi connectivity index (χ3n) is 10.0. The molecule has 4 aliphatic rings. The number of anilines is 1. The van der Waals surface area contributed by atoms with E-state index in [0.29, 0.717) is 17.2 Å². The molecular weight excluding hydrogens is 530 g/mol. The summed E-state index contributed by atoms with van der Waals surface area (Å²) >= 11 is 0. The lowest BCUT2D eigenvalue weighted by Gasteiger charge is -2.53. The molecule has 11 heteroatoms. The van der Waals surface area contributed by atoms with Crippen LogP contribution in [0.4, 0.5) is 5.69 Å². The fourth-order valence-electron chi connectivity index (χ4n) is 7.72. The quantitative estimate of drug-likeness (QED) is 0.291. The standard InChI is InChI=1S/C30H39N3O8/c1-12-6-8-14(9-7-12)33(5)16-11-10-15-13(2)17-19(24(35)18(15)23(16)34)27(38)30(41)21(25(17)36)22(32(3)4)26(37)20(28(30)39)29(31)40/h10-14,17,21-22,25,34,36-38,41H,6-9H2,1-5H3,(H2,31,40)/t12?,13-,14?,17+,21+,22-,25-,30-/m0/s1. The highest BCUT2D eigenvalue weighted by molar-refractivity contribution is 6.25. The number of likely N-dealkylation sites (N-methyl/N-ethyl adjacent to an activating group) is 1. The van der Waals surface area contributed by atoms with Gasteiger partial charge in [-0.25, -0.2) is 0 Å². The van der Waals surface area contributed by atoms with Crippen LogP contribution in [0.5, 0.6) is 5.75 Å². The molecule has 7 N–H and O–H groups in total. The summed E-state index contributed by atoms with van der Waals surface area (Å²) in [5.41, 5.74) is 1.96. The average Bonchev–Trinajstić information content (AvgIpc) is 2.90. The highest BCUT2D eigenvalue weighted by Gasteiger charge is 2.67. The van der Waals surface area contributed by atoms with Crippen molar-refractivity contribution < 1.29 is 39.9 Å². The summed E-state index contributed by atoms with van der Waals surface area (Å²) in [4.78, 5) is 43.2. The maximum absolute atomic E-state index is 14.1. The van der Waals surface area contributed by atoms with E-state index in [-0.39, 0.29) is 17.4 Å². The molecule has 222 valence electrons. The van der Waals surface area contributed by atoms with Gasteiger partial charge in [0.15, 0.2) is 11.4 Å². The van der Waals surface area contributed by atoms with Crippen LogP contribution in [0.2, 0.25) is 0 Å². The summed E-state index contributed by atoms with van der Waals surface area (Å²) in [7, 11) is 4.88. The first kappa shape index (κ1) is 29.1. The molecular formula is C30H39N3O8. The number of nitrogens with two attached hydrogens (primary N) is 1. The van der Waals surface area contributed by atoms with E-state index in [0.717, 1.165) is 25.7 Å². The molecule has 6 atom stereocenters. The van der Waals surface area contributed by atoms with E-state index >= 15 is 0 Å². The van der Waals surface area contributed by atoms with Crippen molar-refractivity contribution in [2.75, 3.05) is 26.0 Å². The van der Waals surface area contributed by atoms with Gasteiger partial charge in [0.1, 0.15) is 22.8 Å². The molecule has 1 fully saturated rings. The molecule has 1 aromatic rings. The fourth-order valence-corrected chi connectivity index (χ4v) is 7.72. The van der Waals surface area contributed by atoms with Crippen LogP contribution in [0.3, 0.4) is 0 Å². The molecule has 0 radical (unpaired) electrons. The predicted molar refractivity (Wildman–Crippen MR) is 150 cm³/mol. The van der Waals surface area contributed by atoms with Crippen LogP contribution >= 0.6 is 0 Å². The van der Waals surface area contributed by atoms with Crippen molar-refractivity contribution >= 4 is 23.2 Å². The lowest BCUT2D eigenvalue weighted by atomic mass is 9.55. The van der Waals surface area contributed by atoms with Gasteiger partial charge in [-0.3, -0.25) is 19.3 Å². The second kappa shape index (κ2) is 9.85. The summed E-state index contributed by atoms with van der Waals surface area (Å²) in [6.45, 7) is 3.93. The van der Waals surface area contributed by atoms with Crippen molar-refractivity contribution in [1.29, 1.82) is 0 Å². The molecule has 0 bridgehead atoms. The number of hydrogen-bond donors (Lipinski definition) is 6.